The Morgan fingerprint density at radius 1 is 1.32 bits per heavy atom. The summed E-state index contributed by atoms with van der Waals surface area (Å²) in [5.41, 5.74) is 2.77. The van der Waals surface area contributed by atoms with Crippen LogP contribution in [0, 0.1) is 0 Å². The molecule has 0 bridgehead atoms. The smallest absolute Gasteiger partial charge is 0.237 e. The predicted octanol–water partition coefficient (Wildman–Crippen LogP) is 3.66. The number of aryl methyl sites for hydroxylation is 1. The van der Waals surface area contributed by atoms with Crippen LogP contribution in [0.5, 0.6) is 0 Å². The number of hydrogen-bond acceptors (Lipinski definition) is 5. The van der Waals surface area contributed by atoms with Gasteiger partial charge in [-0.1, -0.05) is 29.7 Å². The van der Waals surface area contributed by atoms with E-state index in [0.717, 1.165) is 54.5 Å². The summed E-state index contributed by atoms with van der Waals surface area (Å²) in [6, 6.07) is 4.16. The summed E-state index contributed by atoms with van der Waals surface area (Å²) in [5, 5.41) is 8.26. The van der Waals surface area contributed by atoms with Crippen molar-refractivity contribution in [3.63, 3.8) is 0 Å². The minimum Gasteiger partial charge on any atom is -0.338 e. The Hall–Kier alpha value is -1.04. The summed E-state index contributed by atoms with van der Waals surface area (Å²) in [5.74, 6) is 2.13. The van der Waals surface area contributed by atoms with Crippen molar-refractivity contribution in [2.24, 2.45) is 0 Å². The van der Waals surface area contributed by atoms with Crippen molar-refractivity contribution in [3.8, 4) is 0 Å². The summed E-state index contributed by atoms with van der Waals surface area (Å²) >= 11 is 8.13. The molecule has 0 radical (unpaired) electrons. The average molecular weight is 338 g/mol. The van der Waals surface area contributed by atoms with Gasteiger partial charge in [-0.05, 0) is 49.5 Å². The van der Waals surface area contributed by atoms with Gasteiger partial charge in [0.2, 0.25) is 5.89 Å². The Morgan fingerprint density at radius 3 is 3.05 bits per heavy atom. The van der Waals surface area contributed by atoms with E-state index < -0.39 is 0 Å². The SMILES string of the molecule is CCCc1noc(CSc2c(Cl)ccc3c2CCNCC3)n1. The second-order valence-electron chi connectivity index (χ2n) is 5.41. The van der Waals surface area contributed by atoms with Gasteiger partial charge in [0.25, 0.3) is 0 Å². The molecule has 0 saturated carbocycles. The van der Waals surface area contributed by atoms with Crippen molar-refractivity contribution in [3.05, 3.63) is 40.0 Å². The first-order valence-electron chi connectivity index (χ1n) is 7.73. The minimum absolute atomic E-state index is 0.667. The minimum atomic E-state index is 0.667. The lowest BCUT2D eigenvalue weighted by Crippen LogP contribution is -2.16. The quantitative estimate of drug-likeness (QED) is 0.844. The zero-order chi connectivity index (χ0) is 15.4. The fraction of sp³-hybridized carbons (Fsp3) is 0.500. The number of benzene rings is 1. The van der Waals surface area contributed by atoms with Crippen LogP contribution < -0.4 is 5.32 Å². The maximum atomic E-state index is 6.43. The molecule has 22 heavy (non-hydrogen) atoms. The molecule has 0 fully saturated rings. The second-order valence-corrected chi connectivity index (χ2v) is 6.80. The summed E-state index contributed by atoms with van der Waals surface area (Å²) < 4.78 is 5.31. The van der Waals surface area contributed by atoms with Gasteiger partial charge in [-0.3, -0.25) is 0 Å². The van der Waals surface area contributed by atoms with Gasteiger partial charge in [0.1, 0.15) is 0 Å². The highest BCUT2D eigenvalue weighted by Crippen LogP contribution is 2.35. The number of aromatic nitrogens is 2. The number of halogens is 1. The maximum absolute atomic E-state index is 6.43. The van der Waals surface area contributed by atoms with Crippen LogP contribution in [-0.4, -0.2) is 23.2 Å². The lowest BCUT2D eigenvalue weighted by Gasteiger charge is -2.12. The lowest BCUT2D eigenvalue weighted by molar-refractivity contribution is 0.384. The summed E-state index contributed by atoms with van der Waals surface area (Å²) in [4.78, 5) is 5.59. The lowest BCUT2D eigenvalue weighted by atomic mass is 10.0. The number of hydrogen-bond donors (Lipinski definition) is 1. The van der Waals surface area contributed by atoms with E-state index in [0.29, 0.717) is 11.6 Å². The third-order valence-electron chi connectivity index (χ3n) is 3.76. The van der Waals surface area contributed by atoms with Gasteiger partial charge < -0.3 is 9.84 Å². The van der Waals surface area contributed by atoms with Gasteiger partial charge >= 0.3 is 0 Å². The predicted molar refractivity (Wildman–Crippen MR) is 89.6 cm³/mol. The summed E-state index contributed by atoms with van der Waals surface area (Å²) in [7, 11) is 0. The van der Waals surface area contributed by atoms with E-state index in [1.165, 1.54) is 11.1 Å². The molecule has 0 unspecified atom stereocenters. The third kappa shape index (κ3) is 3.65. The molecule has 0 saturated heterocycles. The Balaban J connectivity index is 1.76. The third-order valence-corrected chi connectivity index (χ3v) is 5.33. The number of thioether (sulfide) groups is 1. The van der Waals surface area contributed by atoms with Crippen molar-refractivity contribution in [1.82, 2.24) is 15.5 Å². The molecular formula is C16H20ClN3OS. The first-order chi connectivity index (χ1) is 10.8. The molecule has 2 aromatic rings. The van der Waals surface area contributed by atoms with E-state index in [2.05, 4.69) is 28.4 Å². The fourth-order valence-corrected chi connectivity index (χ4v) is 4.01. The highest BCUT2D eigenvalue weighted by Gasteiger charge is 2.16. The van der Waals surface area contributed by atoms with Crippen molar-refractivity contribution < 1.29 is 4.52 Å². The fourth-order valence-electron chi connectivity index (χ4n) is 2.67. The Kier molecular flexibility index (Phi) is 5.39. The zero-order valence-corrected chi connectivity index (χ0v) is 14.3. The molecule has 1 aromatic heterocycles. The van der Waals surface area contributed by atoms with E-state index in [1.54, 1.807) is 11.8 Å². The molecule has 1 N–H and O–H groups in total. The summed E-state index contributed by atoms with van der Waals surface area (Å²) in [6.45, 7) is 4.14. The van der Waals surface area contributed by atoms with Crippen LogP contribution in [0.15, 0.2) is 21.6 Å². The first kappa shape index (κ1) is 15.8. The van der Waals surface area contributed by atoms with Gasteiger partial charge in [-0.25, -0.2) is 0 Å². The highest BCUT2D eigenvalue weighted by molar-refractivity contribution is 7.98. The van der Waals surface area contributed by atoms with Crippen molar-refractivity contribution >= 4 is 23.4 Å². The van der Waals surface area contributed by atoms with Gasteiger partial charge in [-0.15, -0.1) is 11.8 Å². The van der Waals surface area contributed by atoms with Crippen LogP contribution >= 0.6 is 23.4 Å². The standard InChI is InChI=1S/C16H20ClN3OS/c1-2-3-14-19-15(21-20-14)10-22-16-12-7-9-18-8-6-11(12)4-5-13(16)17/h4-5,18H,2-3,6-10H2,1H3. The molecule has 0 amide bonds. The first-order valence-corrected chi connectivity index (χ1v) is 9.09. The molecule has 3 rings (SSSR count). The molecule has 6 heteroatoms. The van der Waals surface area contributed by atoms with E-state index in [-0.39, 0.29) is 0 Å². The van der Waals surface area contributed by atoms with Crippen LogP contribution in [0.4, 0.5) is 0 Å². The molecule has 4 nitrogen and oxygen atoms in total. The number of nitrogens with one attached hydrogen (secondary N) is 1. The zero-order valence-electron chi connectivity index (χ0n) is 12.7. The largest absolute Gasteiger partial charge is 0.338 e. The number of nitrogens with zero attached hydrogens (tertiary/aromatic N) is 2. The monoisotopic (exact) mass is 337 g/mol. The van der Waals surface area contributed by atoms with E-state index in [9.17, 15) is 0 Å². The van der Waals surface area contributed by atoms with Crippen LogP contribution in [-0.2, 0) is 25.0 Å². The molecule has 118 valence electrons. The molecule has 1 aromatic carbocycles. The van der Waals surface area contributed by atoms with Crippen LogP contribution in [0.3, 0.4) is 0 Å². The second kappa shape index (κ2) is 7.49. The molecule has 2 heterocycles. The summed E-state index contributed by atoms with van der Waals surface area (Å²) in [6.07, 6.45) is 3.96. The van der Waals surface area contributed by atoms with Gasteiger partial charge in [-0.2, -0.15) is 4.98 Å². The maximum Gasteiger partial charge on any atom is 0.237 e. The average Bonchev–Trinajstić information content (AvgIpc) is 2.82. The molecule has 1 aliphatic heterocycles. The molecule has 0 atom stereocenters. The number of rotatable bonds is 5. The van der Waals surface area contributed by atoms with Crippen LogP contribution in [0.25, 0.3) is 0 Å². The molecular weight excluding hydrogens is 318 g/mol. The topological polar surface area (TPSA) is 51.0 Å². The Bertz CT molecular complexity index is 644. The van der Waals surface area contributed by atoms with Gasteiger partial charge in [0, 0.05) is 11.3 Å². The van der Waals surface area contributed by atoms with E-state index in [1.807, 2.05) is 6.07 Å². The Labute approximate surface area is 140 Å². The van der Waals surface area contributed by atoms with Crippen molar-refractivity contribution in [2.45, 2.75) is 43.3 Å². The van der Waals surface area contributed by atoms with Gasteiger partial charge in [0.15, 0.2) is 5.82 Å². The van der Waals surface area contributed by atoms with Crippen molar-refractivity contribution in [1.29, 1.82) is 0 Å². The van der Waals surface area contributed by atoms with Crippen LogP contribution in [0.1, 0.15) is 36.2 Å². The van der Waals surface area contributed by atoms with Crippen LogP contribution in [0.2, 0.25) is 5.02 Å². The van der Waals surface area contributed by atoms with E-state index >= 15 is 0 Å². The normalized spacial score (nSPS) is 14.6. The molecule has 1 aliphatic rings. The van der Waals surface area contributed by atoms with E-state index in [4.69, 9.17) is 16.1 Å². The van der Waals surface area contributed by atoms with Gasteiger partial charge in [0.05, 0.1) is 10.8 Å². The highest BCUT2D eigenvalue weighted by atomic mass is 35.5. The number of fused-ring (bicyclic) bond motifs is 1. The van der Waals surface area contributed by atoms with Crippen molar-refractivity contribution in [2.75, 3.05) is 13.1 Å². The Morgan fingerprint density at radius 2 is 2.18 bits per heavy atom. The molecule has 0 spiro atoms. The molecule has 0 aliphatic carbocycles.